The molecule has 0 heterocycles. The topological polar surface area (TPSA) is 144 Å². The van der Waals surface area contributed by atoms with E-state index in [4.69, 9.17) is 11.5 Å². The van der Waals surface area contributed by atoms with Gasteiger partial charge in [-0.2, -0.15) is 0 Å². The van der Waals surface area contributed by atoms with E-state index < -0.39 is 23.9 Å². The lowest BCUT2D eigenvalue weighted by Crippen LogP contribution is -2.50. The summed E-state index contributed by atoms with van der Waals surface area (Å²) in [6.07, 6.45) is 0.344. The Morgan fingerprint density at radius 3 is 2.27 bits per heavy atom. The highest BCUT2D eigenvalue weighted by Gasteiger charge is 2.23. The van der Waals surface area contributed by atoms with E-state index >= 15 is 0 Å². The summed E-state index contributed by atoms with van der Waals surface area (Å²) in [5.74, 6) is -1.46. The predicted octanol–water partition coefficient (Wildman–Crippen LogP) is -0.566. The van der Waals surface area contributed by atoms with Gasteiger partial charge < -0.3 is 26.9 Å². The maximum absolute atomic E-state index is 12.6. The molecule has 142 valence electrons. The minimum atomic E-state index is -0.898. The molecule has 0 bridgehead atoms. The summed E-state index contributed by atoms with van der Waals surface area (Å²) in [7, 11) is 0. The fourth-order valence-corrected chi connectivity index (χ4v) is 2.19. The average molecular weight is 362 g/mol. The zero-order valence-electron chi connectivity index (χ0n) is 15.1. The van der Waals surface area contributed by atoms with Crippen LogP contribution in [-0.4, -0.2) is 48.6 Å². The van der Waals surface area contributed by atoms with Crippen molar-refractivity contribution in [3.63, 3.8) is 0 Å². The second-order valence-electron chi connectivity index (χ2n) is 6.15. The second kappa shape index (κ2) is 10.4. The molecule has 0 fully saturated rings. The molecule has 1 aromatic rings. The van der Waals surface area contributed by atoms with E-state index in [-0.39, 0.29) is 37.5 Å². The number of amides is 2. The number of aryl methyl sites for hydroxylation is 1. The Bertz CT molecular complexity index is 658. The summed E-state index contributed by atoms with van der Waals surface area (Å²) < 4.78 is 0. The molecule has 2 atom stereocenters. The Kier molecular flexibility index (Phi) is 8.60. The predicted molar refractivity (Wildman–Crippen MR) is 97.4 cm³/mol. The maximum atomic E-state index is 12.6. The van der Waals surface area contributed by atoms with Gasteiger partial charge >= 0.3 is 0 Å². The van der Waals surface area contributed by atoms with Crippen molar-refractivity contribution in [1.82, 2.24) is 10.6 Å². The Morgan fingerprint density at radius 2 is 1.73 bits per heavy atom. The van der Waals surface area contributed by atoms with Crippen molar-refractivity contribution in [2.45, 2.75) is 38.8 Å². The number of benzene rings is 1. The van der Waals surface area contributed by atoms with Gasteiger partial charge in [0.2, 0.25) is 11.8 Å². The third kappa shape index (κ3) is 7.12. The highest BCUT2D eigenvalue weighted by Crippen LogP contribution is 2.10. The van der Waals surface area contributed by atoms with Gasteiger partial charge in [0.25, 0.3) is 0 Å². The number of hydrogen-bond donors (Lipinski definition) is 4. The first kappa shape index (κ1) is 21.5. The van der Waals surface area contributed by atoms with E-state index in [1.165, 1.54) is 6.92 Å². The van der Waals surface area contributed by atoms with E-state index in [1.54, 1.807) is 24.3 Å². The van der Waals surface area contributed by atoms with Crippen molar-refractivity contribution in [1.29, 1.82) is 0 Å². The first-order valence-electron chi connectivity index (χ1n) is 8.37. The summed E-state index contributed by atoms with van der Waals surface area (Å²) in [6.45, 7) is 2.95. The van der Waals surface area contributed by atoms with E-state index in [1.807, 2.05) is 6.92 Å². The fraction of sp³-hybridized carbons (Fsp3) is 0.444. The van der Waals surface area contributed by atoms with Crippen LogP contribution >= 0.6 is 0 Å². The van der Waals surface area contributed by atoms with Gasteiger partial charge in [-0.15, -0.1) is 0 Å². The Hall–Kier alpha value is -2.58. The van der Waals surface area contributed by atoms with E-state index in [2.05, 4.69) is 10.6 Å². The Labute approximate surface area is 152 Å². The minimum absolute atomic E-state index is 0.0411. The minimum Gasteiger partial charge on any atom is -0.346 e. The van der Waals surface area contributed by atoms with Gasteiger partial charge in [-0.05, 0) is 20.3 Å². The van der Waals surface area contributed by atoms with E-state index in [9.17, 15) is 19.2 Å². The number of Topliss-reactive ketones (excluding diaryl/α,β-unsaturated/α-hetero) is 2. The molecule has 1 rings (SSSR count). The summed E-state index contributed by atoms with van der Waals surface area (Å²) in [5, 5.41) is 4.93. The molecule has 0 spiro atoms. The maximum Gasteiger partial charge on any atom is 0.239 e. The van der Waals surface area contributed by atoms with Crippen LogP contribution in [0.5, 0.6) is 0 Å². The average Bonchev–Trinajstić information content (AvgIpc) is 2.62. The molecule has 2 amide bonds. The van der Waals surface area contributed by atoms with Crippen LogP contribution in [-0.2, 0) is 14.4 Å². The van der Waals surface area contributed by atoms with Crippen LogP contribution in [0.4, 0.5) is 0 Å². The molecular weight excluding hydrogens is 336 g/mol. The molecule has 0 aromatic heterocycles. The van der Waals surface area contributed by atoms with E-state index in [0.717, 1.165) is 5.56 Å². The van der Waals surface area contributed by atoms with Crippen molar-refractivity contribution >= 4 is 23.4 Å². The largest absolute Gasteiger partial charge is 0.346 e. The van der Waals surface area contributed by atoms with Gasteiger partial charge in [0.1, 0.15) is 5.78 Å². The molecule has 0 unspecified atom stereocenters. The molecule has 0 aliphatic carbocycles. The molecular formula is C18H26N4O4. The van der Waals surface area contributed by atoms with Crippen molar-refractivity contribution in [2.24, 2.45) is 11.5 Å². The fourth-order valence-electron chi connectivity index (χ4n) is 2.19. The monoisotopic (exact) mass is 362 g/mol. The van der Waals surface area contributed by atoms with Crippen LogP contribution < -0.4 is 22.1 Å². The molecule has 8 nitrogen and oxygen atoms in total. The van der Waals surface area contributed by atoms with Crippen molar-refractivity contribution in [2.75, 3.05) is 13.1 Å². The number of rotatable bonds is 10. The lowest BCUT2D eigenvalue weighted by Gasteiger charge is -2.18. The number of nitrogens with two attached hydrogens (primary N) is 2. The molecule has 0 aliphatic heterocycles. The standard InChI is InChI=1S/C18H26N4O4/c1-11-3-6-13(7-4-11)17(25)15(8-5-12(2)23)22-16(24)10-21-18(26)14(20)9-19/h3-4,6-7,14-15H,5,8-10,19-20H2,1-2H3,(H,21,26)(H,22,24)/t14-,15-/m0/s1. The van der Waals surface area contributed by atoms with Gasteiger partial charge in [0, 0.05) is 18.5 Å². The van der Waals surface area contributed by atoms with Crippen molar-refractivity contribution in [3.8, 4) is 0 Å². The summed E-state index contributed by atoms with van der Waals surface area (Å²) in [6, 6.07) is 5.19. The Morgan fingerprint density at radius 1 is 1.12 bits per heavy atom. The smallest absolute Gasteiger partial charge is 0.239 e. The van der Waals surface area contributed by atoms with Gasteiger partial charge in [0.05, 0.1) is 18.6 Å². The van der Waals surface area contributed by atoms with Crippen LogP contribution in [0.2, 0.25) is 0 Å². The number of ketones is 2. The van der Waals surface area contributed by atoms with Crippen LogP contribution in [0, 0.1) is 6.92 Å². The molecule has 0 saturated carbocycles. The first-order valence-corrected chi connectivity index (χ1v) is 8.37. The lowest BCUT2D eigenvalue weighted by atomic mass is 9.98. The Balaban J connectivity index is 2.74. The first-order chi connectivity index (χ1) is 12.2. The summed E-state index contributed by atoms with van der Waals surface area (Å²) >= 11 is 0. The molecule has 8 heteroatoms. The second-order valence-corrected chi connectivity index (χ2v) is 6.15. The number of carbonyl (C=O) groups is 4. The quantitative estimate of drug-likeness (QED) is 0.410. The zero-order chi connectivity index (χ0) is 19.7. The molecule has 0 aliphatic rings. The van der Waals surface area contributed by atoms with Crippen LogP contribution in [0.15, 0.2) is 24.3 Å². The normalized spacial score (nSPS) is 12.8. The van der Waals surface area contributed by atoms with Crippen LogP contribution in [0.25, 0.3) is 0 Å². The van der Waals surface area contributed by atoms with E-state index in [0.29, 0.717) is 5.56 Å². The van der Waals surface area contributed by atoms with Gasteiger partial charge in [-0.25, -0.2) is 0 Å². The number of hydrogen-bond acceptors (Lipinski definition) is 6. The number of carbonyl (C=O) groups excluding carboxylic acids is 4. The lowest BCUT2D eigenvalue weighted by molar-refractivity contribution is -0.126. The van der Waals surface area contributed by atoms with Crippen LogP contribution in [0.3, 0.4) is 0 Å². The molecule has 1 aromatic carbocycles. The zero-order valence-corrected chi connectivity index (χ0v) is 15.1. The highest BCUT2D eigenvalue weighted by molar-refractivity contribution is 6.02. The summed E-state index contributed by atoms with van der Waals surface area (Å²) in [5.41, 5.74) is 12.2. The SMILES string of the molecule is CC(=O)CC[C@H](NC(=O)CNC(=O)[C@@H](N)CN)C(=O)c1ccc(C)cc1. The summed E-state index contributed by atoms with van der Waals surface area (Å²) in [4.78, 5) is 47.5. The molecule has 6 N–H and O–H groups in total. The van der Waals surface area contributed by atoms with Gasteiger partial charge in [0.15, 0.2) is 5.78 Å². The van der Waals surface area contributed by atoms with Gasteiger partial charge in [-0.1, -0.05) is 29.8 Å². The number of nitrogens with one attached hydrogen (secondary N) is 2. The van der Waals surface area contributed by atoms with Crippen molar-refractivity contribution < 1.29 is 19.2 Å². The molecule has 0 radical (unpaired) electrons. The van der Waals surface area contributed by atoms with Gasteiger partial charge in [-0.3, -0.25) is 14.4 Å². The molecule has 0 saturated heterocycles. The third-order valence-corrected chi connectivity index (χ3v) is 3.79. The van der Waals surface area contributed by atoms with Crippen LogP contribution in [0.1, 0.15) is 35.7 Å². The highest BCUT2D eigenvalue weighted by atomic mass is 16.2. The van der Waals surface area contributed by atoms with Crippen molar-refractivity contribution in [3.05, 3.63) is 35.4 Å². The third-order valence-electron chi connectivity index (χ3n) is 3.79. The molecule has 26 heavy (non-hydrogen) atoms.